The van der Waals surface area contributed by atoms with Crippen LogP contribution in [0.25, 0.3) is 0 Å². The normalized spacial score (nSPS) is 18.8. The first kappa shape index (κ1) is 11.9. The van der Waals surface area contributed by atoms with Crippen LogP contribution in [0, 0.1) is 16.7 Å². The number of nitrogens with two attached hydrogens (primary N) is 1. The fraction of sp³-hybridized carbons (Fsp3) is 0.500. The van der Waals surface area contributed by atoms with Crippen LogP contribution in [0.1, 0.15) is 37.4 Å². The number of hydrogen-bond donors (Lipinski definition) is 2. The Bertz CT molecular complexity index is 457. The molecule has 1 aromatic carbocycles. The average molecular weight is 229 g/mol. The molecule has 0 saturated heterocycles. The van der Waals surface area contributed by atoms with Crippen molar-refractivity contribution in [3.05, 3.63) is 29.3 Å². The quantitative estimate of drug-likeness (QED) is 0.782. The van der Waals surface area contributed by atoms with Gasteiger partial charge >= 0.3 is 0 Å². The molecule has 1 atom stereocenters. The predicted octanol–water partition coefficient (Wildman–Crippen LogP) is 2.40. The predicted molar refractivity (Wildman–Crippen MR) is 69.3 cm³/mol. The number of nitrogens with zero attached hydrogens (tertiary/aromatic N) is 1. The lowest BCUT2D eigenvalue weighted by Gasteiger charge is -2.20. The van der Waals surface area contributed by atoms with Gasteiger partial charge in [0.25, 0.3) is 0 Å². The summed E-state index contributed by atoms with van der Waals surface area (Å²) < 4.78 is 0. The molecule has 0 bridgehead atoms. The zero-order chi connectivity index (χ0) is 12.5. The van der Waals surface area contributed by atoms with E-state index in [4.69, 9.17) is 11.0 Å². The maximum atomic E-state index is 8.99. The molecule has 0 saturated carbocycles. The highest BCUT2D eigenvalue weighted by Crippen LogP contribution is 2.32. The van der Waals surface area contributed by atoms with Gasteiger partial charge in [0.05, 0.1) is 11.5 Å². The molecule has 0 radical (unpaired) electrons. The minimum Gasteiger partial charge on any atom is -0.399 e. The van der Waals surface area contributed by atoms with Gasteiger partial charge in [-0.3, -0.25) is 0 Å². The number of anilines is 1. The number of hydrogen-bond acceptors (Lipinski definition) is 3. The highest BCUT2D eigenvalue weighted by atomic mass is 14.9. The first-order valence-electron chi connectivity index (χ1n) is 6.05. The first-order valence-corrected chi connectivity index (χ1v) is 6.05. The van der Waals surface area contributed by atoms with Crippen LogP contribution >= 0.6 is 0 Å². The van der Waals surface area contributed by atoms with Crippen LogP contribution in [0.4, 0.5) is 5.69 Å². The zero-order valence-corrected chi connectivity index (χ0v) is 10.5. The molecule has 1 aliphatic rings. The summed E-state index contributed by atoms with van der Waals surface area (Å²) in [6.45, 7) is 4.63. The Labute approximate surface area is 103 Å². The van der Waals surface area contributed by atoms with Crippen LogP contribution in [-0.4, -0.2) is 6.54 Å². The van der Waals surface area contributed by atoms with E-state index in [2.05, 4.69) is 23.5 Å². The van der Waals surface area contributed by atoms with Gasteiger partial charge < -0.3 is 11.1 Å². The minimum atomic E-state index is -0.309. The first-order chi connectivity index (χ1) is 8.02. The Morgan fingerprint density at radius 1 is 1.53 bits per heavy atom. The second-order valence-corrected chi connectivity index (χ2v) is 5.43. The third-order valence-electron chi connectivity index (χ3n) is 3.34. The van der Waals surface area contributed by atoms with E-state index < -0.39 is 0 Å². The molecule has 2 rings (SSSR count). The van der Waals surface area contributed by atoms with Crippen molar-refractivity contribution >= 4 is 5.69 Å². The van der Waals surface area contributed by atoms with Crippen molar-refractivity contribution in [3.63, 3.8) is 0 Å². The standard InChI is InChI=1S/C14H19N3/c1-14(2,8-15)9-17-13-6-3-10-7-11(16)4-5-12(10)13/h4-5,7,13,17H,3,6,9,16H2,1-2H3. The molecule has 90 valence electrons. The molecule has 3 N–H and O–H groups in total. The topological polar surface area (TPSA) is 61.8 Å². The summed E-state index contributed by atoms with van der Waals surface area (Å²) in [5.41, 5.74) is 8.99. The number of benzene rings is 1. The summed E-state index contributed by atoms with van der Waals surface area (Å²) in [4.78, 5) is 0. The van der Waals surface area contributed by atoms with Gasteiger partial charge in [-0.2, -0.15) is 5.26 Å². The Morgan fingerprint density at radius 3 is 3.00 bits per heavy atom. The van der Waals surface area contributed by atoms with Crippen molar-refractivity contribution in [2.45, 2.75) is 32.7 Å². The number of aryl methyl sites for hydroxylation is 1. The van der Waals surface area contributed by atoms with Crippen molar-refractivity contribution < 1.29 is 0 Å². The van der Waals surface area contributed by atoms with Crippen LogP contribution in [-0.2, 0) is 6.42 Å². The molecular weight excluding hydrogens is 210 g/mol. The van der Waals surface area contributed by atoms with Crippen molar-refractivity contribution in [3.8, 4) is 6.07 Å². The van der Waals surface area contributed by atoms with Gasteiger partial charge in [-0.05, 0) is 49.9 Å². The lowest BCUT2D eigenvalue weighted by atomic mass is 9.95. The van der Waals surface area contributed by atoms with E-state index in [1.54, 1.807) is 0 Å². The monoisotopic (exact) mass is 229 g/mol. The molecule has 0 aromatic heterocycles. The summed E-state index contributed by atoms with van der Waals surface area (Å²) in [6.07, 6.45) is 2.17. The van der Waals surface area contributed by atoms with Gasteiger partial charge in [-0.15, -0.1) is 0 Å². The van der Waals surface area contributed by atoms with E-state index in [1.165, 1.54) is 11.1 Å². The fourth-order valence-corrected chi connectivity index (χ4v) is 2.27. The van der Waals surface area contributed by atoms with Crippen molar-refractivity contribution in [1.82, 2.24) is 5.32 Å². The number of rotatable bonds is 3. The summed E-state index contributed by atoms with van der Waals surface area (Å²) in [5, 5.41) is 12.5. The van der Waals surface area contributed by atoms with Gasteiger partial charge in [0.15, 0.2) is 0 Å². The van der Waals surface area contributed by atoms with Crippen LogP contribution in [0.5, 0.6) is 0 Å². The van der Waals surface area contributed by atoms with Crippen molar-refractivity contribution in [2.75, 3.05) is 12.3 Å². The van der Waals surface area contributed by atoms with E-state index in [0.717, 1.165) is 25.1 Å². The number of nitrogen functional groups attached to an aromatic ring is 1. The third-order valence-corrected chi connectivity index (χ3v) is 3.34. The number of fused-ring (bicyclic) bond motifs is 1. The Morgan fingerprint density at radius 2 is 2.29 bits per heavy atom. The highest BCUT2D eigenvalue weighted by molar-refractivity contribution is 5.47. The van der Waals surface area contributed by atoms with Gasteiger partial charge in [0, 0.05) is 18.3 Å². The van der Waals surface area contributed by atoms with Gasteiger partial charge in [0.2, 0.25) is 0 Å². The van der Waals surface area contributed by atoms with Crippen molar-refractivity contribution in [1.29, 1.82) is 5.26 Å². The summed E-state index contributed by atoms with van der Waals surface area (Å²) in [7, 11) is 0. The van der Waals surface area contributed by atoms with E-state index in [-0.39, 0.29) is 5.41 Å². The largest absolute Gasteiger partial charge is 0.399 e. The molecule has 1 aliphatic carbocycles. The summed E-state index contributed by atoms with van der Waals surface area (Å²) in [5.74, 6) is 0. The molecule has 1 aromatic rings. The maximum absolute atomic E-state index is 8.99. The lowest BCUT2D eigenvalue weighted by Crippen LogP contribution is -2.30. The second kappa shape index (κ2) is 4.38. The Kier molecular flexibility index (Phi) is 3.08. The van der Waals surface area contributed by atoms with Crippen LogP contribution in [0.2, 0.25) is 0 Å². The van der Waals surface area contributed by atoms with Crippen LogP contribution < -0.4 is 11.1 Å². The molecule has 3 nitrogen and oxygen atoms in total. The van der Waals surface area contributed by atoms with Gasteiger partial charge in [0.1, 0.15) is 0 Å². The molecule has 0 fully saturated rings. The average Bonchev–Trinajstić information content (AvgIpc) is 2.69. The van der Waals surface area contributed by atoms with E-state index in [9.17, 15) is 0 Å². The SMILES string of the molecule is CC(C)(C#N)CNC1CCc2cc(N)ccc21. The smallest absolute Gasteiger partial charge is 0.0697 e. The van der Waals surface area contributed by atoms with E-state index in [0.29, 0.717) is 6.04 Å². The molecule has 0 aliphatic heterocycles. The summed E-state index contributed by atoms with van der Waals surface area (Å²) in [6, 6.07) is 8.81. The van der Waals surface area contributed by atoms with E-state index >= 15 is 0 Å². The van der Waals surface area contributed by atoms with Crippen molar-refractivity contribution in [2.24, 2.45) is 5.41 Å². The van der Waals surface area contributed by atoms with Crippen LogP contribution in [0.15, 0.2) is 18.2 Å². The molecular formula is C14H19N3. The fourth-order valence-electron chi connectivity index (χ4n) is 2.27. The van der Waals surface area contributed by atoms with Gasteiger partial charge in [-0.25, -0.2) is 0 Å². The molecule has 0 amide bonds. The minimum absolute atomic E-state index is 0.309. The zero-order valence-electron chi connectivity index (χ0n) is 10.5. The highest BCUT2D eigenvalue weighted by Gasteiger charge is 2.25. The summed E-state index contributed by atoms with van der Waals surface area (Å²) >= 11 is 0. The lowest BCUT2D eigenvalue weighted by molar-refractivity contribution is 0.403. The second-order valence-electron chi connectivity index (χ2n) is 5.43. The van der Waals surface area contributed by atoms with Crippen LogP contribution in [0.3, 0.4) is 0 Å². The van der Waals surface area contributed by atoms with E-state index in [1.807, 2.05) is 19.9 Å². The maximum Gasteiger partial charge on any atom is 0.0697 e. The number of nitrogens with one attached hydrogen (secondary N) is 1. The Hall–Kier alpha value is -1.53. The molecule has 0 spiro atoms. The molecule has 0 heterocycles. The Balaban J connectivity index is 2.06. The molecule has 17 heavy (non-hydrogen) atoms. The number of nitriles is 1. The molecule has 1 unspecified atom stereocenters. The molecule has 3 heteroatoms. The third kappa shape index (κ3) is 2.59. The van der Waals surface area contributed by atoms with Gasteiger partial charge in [-0.1, -0.05) is 6.07 Å².